The quantitative estimate of drug-likeness (QED) is 0.784. The number of hydrogen-bond donors (Lipinski definition) is 0. The minimum absolute atomic E-state index is 0.344. The number of amidine groups is 1. The molecule has 0 saturated carbocycles. The highest BCUT2D eigenvalue weighted by molar-refractivity contribution is 8.16. The Bertz CT molecular complexity index is 624. The van der Waals surface area contributed by atoms with Gasteiger partial charge in [-0.2, -0.15) is 0 Å². The van der Waals surface area contributed by atoms with Gasteiger partial charge in [-0.05, 0) is 24.4 Å². The molecule has 1 aliphatic rings. The third-order valence-electron chi connectivity index (χ3n) is 3.18. The topological polar surface area (TPSA) is 49.7 Å². The molecular weight excluding hydrogens is 308 g/mol. The first-order chi connectivity index (χ1) is 9.26. The van der Waals surface area contributed by atoms with Crippen LogP contribution in [0.3, 0.4) is 0 Å². The predicted octanol–water partition coefficient (Wildman–Crippen LogP) is 2.51. The van der Waals surface area contributed by atoms with E-state index >= 15 is 0 Å². The maximum absolute atomic E-state index is 12.8. The van der Waals surface area contributed by atoms with E-state index in [1.54, 1.807) is 30.9 Å². The lowest BCUT2D eigenvalue weighted by Gasteiger charge is -2.37. The Labute approximate surface area is 126 Å². The summed E-state index contributed by atoms with van der Waals surface area (Å²) < 4.78 is 27.1. The monoisotopic (exact) mass is 328 g/mol. The molecule has 1 aromatic carbocycles. The molecule has 1 saturated heterocycles. The van der Waals surface area contributed by atoms with E-state index in [-0.39, 0.29) is 0 Å². The second-order valence-electron chi connectivity index (χ2n) is 5.78. The van der Waals surface area contributed by atoms with Crippen molar-refractivity contribution in [1.82, 2.24) is 4.31 Å². The minimum atomic E-state index is -3.49. The fraction of sp³-hybridized carbons (Fsp3) is 0.462. The van der Waals surface area contributed by atoms with E-state index in [1.807, 2.05) is 19.1 Å². The Morgan fingerprint density at radius 2 is 1.85 bits per heavy atom. The highest BCUT2D eigenvalue weighted by Crippen LogP contribution is 2.29. The van der Waals surface area contributed by atoms with Gasteiger partial charge < -0.3 is 0 Å². The van der Waals surface area contributed by atoms with Crippen molar-refractivity contribution in [3.8, 4) is 0 Å². The summed E-state index contributed by atoms with van der Waals surface area (Å²) in [5.74, 6) is 0. The van der Waals surface area contributed by atoms with Crippen LogP contribution in [0.4, 0.5) is 0 Å². The highest BCUT2D eigenvalue weighted by Gasteiger charge is 2.38. The van der Waals surface area contributed by atoms with Crippen LogP contribution in [0.2, 0.25) is 13.1 Å². The molecule has 4 nitrogen and oxygen atoms in total. The van der Waals surface area contributed by atoms with Gasteiger partial charge in [-0.15, -0.1) is 0 Å². The smallest absolute Gasteiger partial charge is 0.265 e. The molecule has 110 valence electrons. The van der Waals surface area contributed by atoms with Crippen molar-refractivity contribution < 1.29 is 8.42 Å². The van der Waals surface area contributed by atoms with E-state index < -0.39 is 18.1 Å². The van der Waals surface area contributed by atoms with Gasteiger partial charge in [-0.3, -0.25) is 4.99 Å². The summed E-state index contributed by atoms with van der Waals surface area (Å²) in [5, 5.41) is 1.62. The number of sulfonamides is 1. The summed E-state index contributed by atoms with van der Waals surface area (Å²) in [4.78, 5) is 4.50. The highest BCUT2D eigenvalue weighted by atomic mass is 32.2. The molecule has 0 amide bonds. The summed E-state index contributed by atoms with van der Waals surface area (Å²) in [6.45, 7) is 6.37. The number of aryl methyl sites for hydroxylation is 1. The van der Waals surface area contributed by atoms with Gasteiger partial charge in [0.15, 0.2) is 5.17 Å². The fourth-order valence-corrected chi connectivity index (χ4v) is 9.06. The van der Waals surface area contributed by atoms with Gasteiger partial charge in [-0.1, -0.05) is 42.6 Å². The third kappa shape index (κ3) is 3.10. The van der Waals surface area contributed by atoms with Crippen LogP contribution in [0.1, 0.15) is 5.56 Å². The van der Waals surface area contributed by atoms with Gasteiger partial charge >= 0.3 is 0 Å². The number of nitrogens with zero attached hydrogens (tertiary/aromatic N) is 2. The first-order valence-electron chi connectivity index (χ1n) is 6.45. The molecule has 0 radical (unpaired) electrons. The third-order valence-corrected chi connectivity index (χ3v) is 10.8. The molecule has 0 bridgehead atoms. The van der Waals surface area contributed by atoms with E-state index in [9.17, 15) is 8.42 Å². The average molecular weight is 329 g/mol. The Morgan fingerprint density at radius 1 is 1.25 bits per heavy atom. The van der Waals surface area contributed by atoms with Crippen molar-refractivity contribution in [3.05, 3.63) is 29.8 Å². The zero-order valence-electron chi connectivity index (χ0n) is 12.3. The van der Waals surface area contributed by atoms with Gasteiger partial charge in [-0.25, -0.2) is 12.7 Å². The molecule has 1 aromatic rings. The molecule has 0 spiro atoms. The average Bonchev–Trinajstić information content (AvgIpc) is 2.38. The Hall–Kier alpha value is -0.793. The molecule has 1 heterocycles. The van der Waals surface area contributed by atoms with Crippen molar-refractivity contribution in [2.24, 2.45) is 4.99 Å². The number of thioether (sulfide) groups is 1. The molecule has 0 aliphatic carbocycles. The van der Waals surface area contributed by atoms with Crippen molar-refractivity contribution in [2.45, 2.75) is 24.9 Å². The normalized spacial score (nSPS) is 21.2. The van der Waals surface area contributed by atoms with Gasteiger partial charge in [0.05, 0.1) is 13.0 Å². The minimum Gasteiger partial charge on any atom is -0.265 e. The van der Waals surface area contributed by atoms with Crippen LogP contribution < -0.4 is 0 Å². The molecule has 1 fully saturated rings. The van der Waals surface area contributed by atoms with E-state index in [0.717, 1.165) is 10.9 Å². The number of rotatable bonds is 2. The summed E-state index contributed by atoms with van der Waals surface area (Å²) in [7, 11) is -3.38. The predicted molar refractivity (Wildman–Crippen MR) is 88.4 cm³/mol. The van der Waals surface area contributed by atoms with E-state index in [1.165, 1.54) is 4.31 Å². The van der Waals surface area contributed by atoms with Crippen molar-refractivity contribution in [3.63, 3.8) is 0 Å². The standard InChI is InChI=1S/C13H20N2O2S2Si/c1-11-5-7-12(8-6-11)19(16,17)15-9-20(3,4)10-18-13(15)14-2/h5-8H,9-10H2,1-4H3. The lowest BCUT2D eigenvalue weighted by Crippen LogP contribution is -2.53. The number of hydrogen-bond acceptors (Lipinski definition) is 4. The second-order valence-corrected chi connectivity index (χ2v) is 14.1. The Balaban J connectivity index is 2.43. The molecule has 1 aliphatic heterocycles. The summed E-state index contributed by atoms with van der Waals surface area (Å²) in [5.41, 5.74) is 1.05. The van der Waals surface area contributed by atoms with Crippen LogP contribution in [0.15, 0.2) is 34.2 Å². The molecular formula is C13H20N2O2S2Si. The molecule has 0 aromatic heterocycles. The summed E-state index contributed by atoms with van der Waals surface area (Å²) in [6, 6.07) is 7.00. The lowest BCUT2D eigenvalue weighted by molar-refractivity contribution is 0.545. The van der Waals surface area contributed by atoms with Gasteiger partial charge in [0, 0.05) is 13.2 Å². The Morgan fingerprint density at radius 3 is 2.40 bits per heavy atom. The van der Waals surface area contributed by atoms with Crippen LogP contribution in [0.25, 0.3) is 0 Å². The van der Waals surface area contributed by atoms with E-state index in [2.05, 4.69) is 18.1 Å². The molecule has 0 N–H and O–H groups in total. The van der Waals surface area contributed by atoms with E-state index in [4.69, 9.17) is 0 Å². The first kappa shape index (κ1) is 15.6. The number of benzene rings is 1. The van der Waals surface area contributed by atoms with Crippen molar-refractivity contribution >= 4 is 35.0 Å². The molecule has 7 heteroatoms. The van der Waals surface area contributed by atoms with Gasteiger partial charge in [0.1, 0.15) is 0 Å². The lowest BCUT2D eigenvalue weighted by atomic mass is 10.2. The molecule has 0 atom stereocenters. The molecule has 0 unspecified atom stereocenters. The van der Waals surface area contributed by atoms with Crippen LogP contribution in [0, 0.1) is 6.92 Å². The number of aliphatic imine (C=N–C) groups is 1. The van der Waals surface area contributed by atoms with Gasteiger partial charge in [0.2, 0.25) is 0 Å². The fourth-order valence-electron chi connectivity index (χ4n) is 2.04. The molecule has 2 rings (SSSR count). The van der Waals surface area contributed by atoms with Crippen LogP contribution in [0.5, 0.6) is 0 Å². The zero-order valence-corrected chi connectivity index (χ0v) is 14.9. The first-order valence-corrected chi connectivity index (χ1v) is 12.3. The maximum atomic E-state index is 12.8. The Kier molecular flexibility index (Phi) is 4.32. The van der Waals surface area contributed by atoms with E-state index in [0.29, 0.717) is 16.2 Å². The van der Waals surface area contributed by atoms with Crippen molar-refractivity contribution in [2.75, 3.05) is 18.6 Å². The van der Waals surface area contributed by atoms with Crippen molar-refractivity contribution in [1.29, 1.82) is 0 Å². The SMILES string of the molecule is CN=C1SC[Si](C)(C)CN1S(=O)(=O)c1ccc(C)cc1. The summed E-state index contributed by atoms with van der Waals surface area (Å²) in [6.07, 6.45) is 0.600. The van der Waals surface area contributed by atoms with Gasteiger partial charge in [0.25, 0.3) is 10.0 Å². The molecule has 20 heavy (non-hydrogen) atoms. The largest absolute Gasteiger partial charge is 0.265 e. The zero-order chi connectivity index (χ0) is 15.0. The van der Waals surface area contributed by atoms with Crippen LogP contribution in [-0.2, 0) is 10.0 Å². The van der Waals surface area contributed by atoms with Crippen LogP contribution >= 0.6 is 11.8 Å². The second kappa shape index (κ2) is 5.54. The van der Waals surface area contributed by atoms with Crippen LogP contribution in [-0.4, -0.2) is 44.6 Å². The summed E-state index contributed by atoms with van der Waals surface area (Å²) >= 11 is 1.56. The maximum Gasteiger partial charge on any atom is 0.265 e.